The van der Waals surface area contributed by atoms with Crippen LogP contribution in [0.5, 0.6) is 0 Å². The van der Waals surface area contributed by atoms with Gasteiger partial charge in [-0.05, 0) is 31.4 Å². The van der Waals surface area contributed by atoms with E-state index in [0.717, 1.165) is 38.1 Å². The third-order valence-electron chi connectivity index (χ3n) is 3.83. The van der Waals surface area contributed by atoms with Gasteiger partial charge in [0.2, 0.25) is 5.95 Å². The Morgan fingerprint density at radius 2 is 1.82 bits per heavy atom. The zero-order chi connectivity index (χ0) is 15.7. The molecule has 1 aromatic carbocycles. The summed E-state index contributed by atoms with van der Waals surface area (Å²) in [4.78, 5) is 6.57. The van der Waals surface area contributed by atoms with E-state index >= 15 is 0 Å². The molecule has 118 valence electrons. The Morgan fingerprint density at radius 1 is 1.09 bits per heavy atom. The molecule has 0 aliphatic carbocycles. The van der Waals surface area contributed by atoms with Gasteiger partial charge in [-0.2, -0.15) is 18.2 Å². The standard InChI is InChI=1S/C15H17F3N4/c1-21-14(22-8-3-2-4-9-22)19-13(20-21)11-6-5-7-12(10-11)15(16,17)18/h5-7,10H,2-4,8-9H2,1H3. The van der Waals surface area contributed by atoms with Crippen molar-refractivity contribution in [3.63, 3.8) is 0 Å². The maximum atomic E-state index is 12.8. The first-order valence-electron chi connectivity index (χ1n) is 7.29. The van der Waals surface area contributed by atoms with Crippen molar-refractivity contribution >= 4 is 5.95 Å². The molecule has 0 N–H and O–H groups in total. The van der Waals surface area contributed by atoms with Crippen LogP contribution in [0.3, 0.4) is 0 Å². The Hall–Kier alpha value is -2.05. The van der Waals surface area contributed by atoms with E-state index in [4.69, 9.17) is 0 Å². The Labute approximate surface area is 126 Å². The molecule has 22 heavy (non-hydrogen) atoms. The molecule has 2 aromatic rings. The van der Waals surface area contributed by atoms with Crippen LogP contribution in [0.25, 0.3) is 11.4 Å². The van der Waals surface area contributed by atoms with Gasteiger partial charge in [0.1, 0.15) is 0 Å². The van der Waals surface area contributed by atoms with E-state index < -0.39 is 11.7 Å². The van der Waals surface area contributed by atoms with E-state index in [9.17, 15) is 13.2 Å². The zero-order valence-corrected chi connectivity index (χ0v) is 12.3. The van der Waals surface area contributed by atoms with Gasteiger partial charge in [0.25, 0.3) is 0 Å². The highest BCUT2D eigenvalue weighted by Gasteiger charge is 2.31. The Bertz CT molecular complexity index is 657. The Kier molecular flexibility index (Phi) is 3.80. The van der Waals surface area contributed by atoms with Crippen molar-refractivity contribution in [2.75, 3.05) is 18.0 Å². The summed E-state index contributed by atoms with van der Waals surface area (Å²) in [5.41, 5.74) is -0.300. The van der Waals surface area contributed by atoms with E-state index in [2.05, 4.69) is 15.0 Å². The van der Waals surface area contributed by atoms with Crippen molar-refractivity contribution in [2.24, 2.45) is 7.05 Å². The predicted molar refractivity (Wildman–Crippen MR) is 77.5 cm³/mol. The van der Waals surface area contributed by atoms with Gasteiger partial charge in [0, 0.05) is 25.7 Å². The summed E-state index contributed by atoms with van der Waals surface area (Å²) in [5.74, 6) is 1.04. The number of alkyl halides is 3. The van der Waals surface area contributed by atoms with Gasteiger partial charge < -0.3 is 4.90 Å². The van der Waals surface area contributed by atoms with E-state index in [0.29, 0.717) is 17.3 Å². The molecule has 4 nitrogen and oxygen atoms in total. The highest BCUT2D eigenvalue weighted by atomic mass is 19.4. The predicted octanol–water partition coefficient (Wildman–Crippen LogP) is 3.49. The normalized spacial score (nSPS) is 16.1. The quantitative estimate of drug-likeness (QED) is 0.851. The first kappa shape index (κ1) is 14.9. The van der Waals surface area contributed by atoms with Crippen molar-refractivity contribution in [3.8, 4) is 11.4 Å². The van der Waals surface area contributed by atoms with Crippen LogP contribution in [0.4, 0.5) is 19.1 Å². The highest BCUT2D eigenvalue weighted by molar-refractivity contribution is 5.58. The molecule has 1 aliphatic rings. The number of hydrogen-bond donors (Lipinski definition) is 0. The smallest absolute Gasteiger partial charge is 0.341 e. The lowest BCUT2D eigenvalue weighted by Crippen LogP contribution is -2.31. The van der Waals surface area contributed by atoms with Crippen molar-refractivity contribution in [3.05, 3.63) is 29.8 Å². The van der Waals surface area contributed by atoms with E-state index in [-0.39, 0.29) is 0 Å². The van der Waals surface area contributed by atoms with Gasteiger partial charge >= 0.3 is 6.18 Å². The first-order chi connectivity index (χ1) is 10.4. The molecule has 0 unspecified atom stereocenters. The molecule has 1 fully saturated rings. The van der Waals surface area contributed by atoms with Crippen LogP contribution in [0.1, 0.15) is 24.8 Å². The lowest BCUT2D eigenvalue weighted by Gasteiger charge is -2.26. The third kappa shape index (κ3) is 2.93. The number of aromatic nitrogens is 3. The second-order valence-corrected chi connectivity index (χ2v) is 5.49. The summed E-state index contributed by atoms with van der Waals surface area (Å²) in [6, 6.07) is 5.13. The fourth-order valence-corrected chi connectivity index (χ4v) is 2.70. The summed E-state index contributed by atoms with van der Waals surface area (Å²) in [7, 11) is 1.77. The highest BCUT2D eigenvalue weighted by Crippen LogP contribution is 2.32. The van der Waals surface area contributed by atoms with Crippen LogP contribution >= 0.6 is 0 Å². The third-order valence-corrected chi connectivity index (χ3v) is 3.83. The Morgan fingerprint density at radius 3 is 2.50 bits per heavy atom. The number of rotatable bonds is 2. The van der Waals surface area contributed by atoms with Crippen LogP contribution in [-0.4, -0.2) is 27.9 Å². The van der Waals surface area contributed by atoms with Crippen molar-refractivity contribution in [1.82, 2.24) is 14.8 Å². The molecule has 1 saturated heterocycles. The molecule has 0 saturated carbocycles. The lowest BCUT2D eigenvalue weighted by atomic mass is 10.1. The summed E-state index contributed by atoms with van der Waals surface area (Å²) in [5, 5.41) is 4.28. The maximum absolute atomic E-state index is 12.8. The number of benzene rings is 1. The van der Waals surface area contributed by atoms with Gasteiger partial charge in [-0.15, -0.1) is 5.10 Å². The fraction of sp³-hybridized carbons (Fsp3) is 0.467. The van der Waals surface area contributed by atoms with Crippen molar-refractivity contribution in [2.45, 2.75) is 25.4 Å². The van der Waals surface area contributed by atoms with Crippen LogP contribution in [0.15, 0.2) is 24.3 Å². The molecule has 0 amide bonds. The molecule has 7 heteroatoms. The van der Waals surface area contributed by atoms with Crippen LogP contribution < -0.4 is 4.90 Å². The second kappa shape index (κ2) is 5.62. The van der Waals surface area contributed by atoms with Gasteiger partial charge in [0.15, 0.2) is 5.82 Å². The minimum absolute atomic E-state index is 0.328. The van der Waals surface area contributed by atoms with Gasteiger partial charge in [0.05, 0.1) is 5.56 Å². The fourth-order valence-electron chi connectivity index (χ4n) is 2.70. The van der Waals surface area contributed by atoms with E-state index in [1.807, 2.05) is 0 Å². The van der Waals surface area contributed by atoms with Crippen LogP contribution in [0.2, 0.25) is 0 Å². The van der Waals surface area contributed by atoms with Crippen molar-refractivity contribution in [1.29, 1.82) is 0 Å². The molecule has 0 spiro atoms. The molecular weight excluding hydrogens is 293 g/mol. The van der Waals surface area contributed by atoms with E-state index in [1.54, 1.807) is 17.8 Å². The van der Waals surface area contributed by atoms with Gasteiger partial charge in [-0.1, -0.05) is 12.1 Å². The number of piperidine rings is 1. The number of halogens is 3. The molecule has 0 bridgehead atoms. The second-order valence-electron chi connectivity index (χ2n) is 5.49. The zero-order valence-electron chi connectivity index (χ0n) is 12.3. The number of hydrogen-bond acceptors (Lipinski definition) is 3. The first-order valence-corrected chi connectivity index (χ1v) is 7.29. The molecule has 1 aromatic heterocycles. The average molecular weight is 310 g/mol. The number of anilines is 1. The average Bonchev–Trinajstić information content (AvgIpc) is 2.89. The van der Waals surface area contributed by atoms with Gasteiger partial charge in [-0.3, -0.25) is 0 Å². The van der Waals surface area contributed by atoms with Crippen molar-refractivity contribution < 1.29 is 13.2 Å². The number of nitrogens with zero attached hydrogens (tertiary/aromatic N) is 4. The summed E-state index contributed by atoms with van der Waals surface area (Å²) in [6.45, 7) is 1.82. The summed E-state index contributed by atoms with van der Waals surface area (Å²) < 4.78 is 40.1. The molecule has 0 atom stereocenters. The monoisotopic (exact) mass is 310 g/mol. The SMILES string of the molecule is Cn1nc(-c2cccc(C(F)(F)F)c2)nc1N1CCCCC1. The van der Waals surface area contributed by atoms with Gasteiger partial charge in [-0.25, -0.2) is 4.68 Å². The van der Waals surface area contributed by atoms with E-state index in [1.165, 1.54) is 12.5 Å². The maximum Gasteiger partial charge on any atom is 0.416 e. The molecule has 1 aliphatic heterocycles. The van der Waals surface area contributed by atoms with Crippen LogP contribution in [0, 0.1) is 0 Å². The molecular formula is C15H17F3N4. The largest absolute Gasteiger partial charge is 0.416 e. The molecule has 0 radical (unpaired) electrons. The van der Waals surface area contributed by atoms with Crippen LogP contribution in [-0.2, 0) is 13.2 Å². The molecule has 3 rings (SSSR count). The minimum Gasteiger partial charge on any atom is -0.341 e. The summed E-state index contributed by atoms with van der Waals surface area (Å²) >= 11 is 0. The Balaban J connectivity index is 1.92. The summed E-state index contributed by atoms with van der Waals surface area (Å²) in [6.07, 6.45) is -0.952. The minimum atomic E-state index is -4.36. The molecule has 2 heterocycles. The number of aryl methyl sites for hydroxylation is 1. The lowest BCUT2D eigenvalue weighted by molar-refractivity contribution is -0.137. The topological polar surface area (TPSA) is 34.0 Å².